The lowest BCUT2D eigenvalue weighted by Crippen LogP contribution is -1.92. The Morgan fingerprint density at radius 1 is 1.54 bits per heavy atom. The molecule has 0 saturated carbocycles. The van der Waals surface area contributed by atoms with Gasteiger partial charge >= 0.3 is 0 Å². The molecular weight excluding hydrogens is 184 g/mol. The minimum absolute atomic E-state index is 0.243. The first-order valence-electron chi connectivity index (χ1n) is 4.16. The zero-order valence-electron chi connectivity index (χ0n) is 7.49. The summed E-state index contributed by atoms with van der Waals surface area (Å²) in [5.41, 5.74) is 0.832. The van der Waals surface area contributed by atoms with E-state index in [9.17, 15) is 5.11 Å². The van der Waals surface area contributed by atoms with Crippen molar-refractivity contribution in [3.05, 3.63) is 23.8 Å². The molecule has 2 nitrogen and oxygen atoms in total. The van der Waals surface area contributed by atoms with Crippen LogP contribution in [0, 0.1) is 0 Å². The molecule has 1 aromatic carbocycles. The average molecular weight is 196 g/mol. The van der Waals surface area contributed by atoms with Crippen LogP contribution in [0.5, 0.6) is 11.5 Å². The van der Waals surface area contributed by atoms with Crippen molar-refractivity contribution in [2.45, 2.75) is 13.3 Å². The summed E-state index contributed by atoms with van der Waals surface area (Å²) >= 11 is 4.71. The summed E-state index contributed by atoms with van der Waals surface area (Å²) in [6, 6.07) is 5.26. The smallest absolute Gasteiger partial charge is 0.122 e. The molecule has 0 saturated heterocycles. The van der Waals surface area contributed by atoms with E-state index in [1.54, 1.807) is 11.4 Å². The van der Waals surface area contributed by atoms with Gasteiger partial charge in [-0.05, 0) is 23.9 Å². The van der Waals surface area contributed by atoms with Crippen molar-refractivity contribution in [3.8, 4) is 11.5 Å². The number of ether oxygens (including phenoxy) is 1. The number of hydrogen-bond acceptors (Lipinski definition) is 3. The van der Waals surface area contributed by atoms with Crippen LogP contribution in [0.1, 0.15) is 12.5 Å². The zero-order valence-corrected chi connectivity index (χ0v) is 8.30. The summed E-state index contributed by atoms with van der Waals surface area (Å²) in [6.07, 6.45) is 0.605. The van der Waals surface area contributed by atoms with Crippen LogP contribution < -0.4 is 4.74 Å². The van der Waals surface area contributed by atoms with Gasteiger partial charge in [0.15, 0.2) is 0 Å². The molecule has 3 heteroatoms. The van der Waals surface area contributed by atoms with E-state index in [-0.39, 0.29) is 5.75 Å². The molecule has 0 heterocycles. The minimum Gasteiger partial charge on any atom is -0.508 e. The molecule has 0 fully saturated rings. The maximum atomic E-state index is 9.50. The van der Waals surface area contributed by atoms with Gasteiger partial charge in [-0.3, -0.25) is 0 Å². The van der Waals surface area contributed by atoms with E-state index in [0.717, 1.165) is 5.56 Å². The fourth-order valence-electron chi connectivity index (χ4n) is 1.06. The van der Waals surface area contributed by atoms with Gasteiger partial charge in [0.1, 0.15) is 11.5 Å². The molecule has 0 atom stereocenters. The van der Waals surface area contributed by atoms with Crippen molar-refractivity contribution >= 4 is 17.6 Å². The Balaban J connectivity index is 2.84. The number of hydrogen-bond donors (Lipinski definition) is 1. The van der Waals surface area contributed by atoms with Crippen LogP contribution in [0.25, 0.3) is 0 Å². The van der Waals surface area contributed by atoms with Gasteiger partial charge in [-0.2, -0.15) is 0 Å². The number of benzene rings is 1. The lowest BCUT2D eigenvalue weighted by atomic mass is 10.1. The van der Waals surface area contributed by atoms with Gasteiger partial charge < -0.3 is 9.84 Å². The maximum absolute atomic E-state index is 9.50. The van der Waals surface area contributed by atoms with E-state index in [2.05, 4.69) is 0 Å². The maximum Gasteiger partial charge on any atom is 0.122 e. The van der Waals surface area contributed by atoms with Crippen LogP contribution in [0.15, 0.2) is 18.2 Å². The summed E-state index contributed by atoms with van der Waals surface area (Å²) in [7, 11) is 0. The molecule has 0 aliphatic carbocycles. The van der Waals surface area contributed by atoms with Crippen LogP contribution in [-0.2, 0) is 6.42 Å². The van der Waals surface area contributed by atoms with E-state index in [1.807, 2.05) is 19.1 Å². The number of rotatable bonds is 4. The Morgan fingerprint density at radius 3 is 2.85 bits per heavy atom. The third kappa shape index (κ3) is 2.70. The average Bonchev–Trinajstić information content (AvgIpc) is 2.10. The Bertz CT molecular complexity index is 297. The van der Waals surface area contributed by atoms with Crippen molar-refractivity contribution in [3.63, 3.8) is 0 Å². The van der Waals surface area contributed by atoms with E-state index in [0.29, 0.717) is 18.8 Å². The molecule has 1 N–H and O–H groups in total. The monoisotopic (exact) mass is 196 g/mol. The first-order chi connectivity index (χ1) is 6.27. The van der Waals surface area contributed by atoms with Gasteiger partial charge in [-0.1, -0.05) is 18.3 Å². The molecular formula is C10H12O2S. The van der Waals surface area contributed by atoms with E-state index in [1.165, 1.54) is 0 Å². The third-order valence-corrected chi connectivity index (χ3v) is 1.84. The first-order valence-corrected chi connectivity index (χ1v) is 4.63. The van der Waals surface area contributed by atoms with Gasteiger partial charge in [0.05, 0.1) is 6.61 Å². The van der Waals surface area contributed by atoms with E-state index >= 15 is 0 Å². The molecule has 0 aromatic heterocycles. The molecule has 1 rings (SSSR count). The zero-order chi connectivity index (χ0) is 9.68. The van der Waals surface area contributed by atoms with Crippen molar-refractivity contribution in [2.24, 2.45) is 0 Å². The summed E-state index contributed by atoms with van der Waals surface area (Å²) in [4.78, 5) is 0. The molecule has 70 valence electrons. The second-order valence-electron chi connectivity index (χ2n) is 2.59. The highest BCUT2D eigenvalue weighted by Crippen LogP contribution is 2.23. The summed E-state index contributed by atoms with van der Waals surface area (Å²) < 4.78 is 5.22. The molecule has 1 aromatic rings. The van der Waals surface area contributed by atoms with Gasteiger partial charge in [-0.25, -0.2) is 0 Å². The molecule has 0 amide bonds. The second kappa shape index (κ2) is 4.82. The predicted octanol–water partition coefficient (Wildman–Crippen LogP) is 2.33. The topological polar surface area (TPSA) is 29.5 Å². The summed E-state index contributed by atoms with van der Waals surface area (Å²) in [5.74, 6) is 0.931. The second-order valence-corrected chi connectivity index (χ2v) is 2.93. The van der Waals surface area contributed by atoms with Gasteiger partial charge in [0, 0.05) is 12.5 Å². The molecule has 0 bridgehead atoms. The third-order valence-electron chi connectivity index (χ3n) is 1.67. The van der Waals surface area contributed by atoms with Crippen LogP contribution >= 0.6 is 12.2 Å². The molecule has 0 aliphatic rings. The normalized spacial score (nSPS) is 9.62. The molecule has 0 aliphatic heterocycles. The summed E-state index contributed by atoms with van der Waals surface area (Å²) in [6.45, 7) is 2.51. The molecule has 0 spiro atoms. The standard InChI is InChI=1S/C10H12O2S/c1-2-12-9-4-3-8(5-6-13)10(11)7-9/h3-4,6-7,11H,2,5H2,1H3. The Morgan fingerprint density at radius 2 is 2.31 bits per heavy atom. The Hall–Kier alpha value is -1.09. The number of phenolic OH excluding ortho intramolecular Hbond substituents is 1. The Labute approximate surface area is 83.2 Å². The van der Waals surface area contributed by atoms with Gasteiger partial charge in [0.2, 0.25) is 0 Å². The first kappa shape index (κ1) is 9.99. The van der Waals surface area contributed by atoms with Gasteiger partial charge in [-0.15, -0.1) is 0 Å². The Kier molecular flexibility index (Phi) is 3.71. The number of thiocarbonyl (C=S) groups is 1. The van der Waals surface area contributed by atoms with Crippen molar-refractivity contribution in [1.82, 2.24) is 0 Å². The van der Waals surface area contributed by atoms with Crippen LogP contribution in [0.2, 0.25) is 0 Å². The highest BCUT2D eigenvalue weighted by atomic mass is 32.1. The highest BCUT2D eigenvalue weighted by Gasteiger charge is 2.01. The molecule has 0 unspecified atom stereocenters. The van der Waals surface area contributed by atoms with Crippen molar-refractivity contribution < 1.29 is 9.84 Å². The van der Waals surface area contributed by atoms with Crippen molar-refractivity contribution in [2.75, 3.05) is 6.61 Å². The minimum atomic E-state index is 0.243. The van der Waals surface area contributed by atoms with Crippen LogP contribution in [-0.4, -0.2) is 17.1 Å². The predicted molar refractivity (Wildman–Crippen MR) is 56.6 cm³/mol. The highest BCUT2D eigenvalue weighted by molar-refractivity contribution is 7.78. The quantitative estimate of drug-likeness (QED) is 0.749. The number of aromatic hydroxyl groups is 1. The fraction of sp³-hybridized carbons (Fsp3) is 0.300. The van der Waals surface area contributed by atoms with Gasteiger partial charge in [0.25, 0.3) is 0 Å². The largest absolute Gasteiger partial charge is 0.508 e. The molecule has 0 radical (unpaired) electrons. The lowest BCUT2D eigenvalue weighted by Gasteiger charge is -2.05. The molecule has 13 heavy (non-hydrogen) atoms. The van der Waals surface area contributed by atoms with Crippen LogP contribution in [0.4, 0.5) is 0 Å². The van der Waals surface area contributed by atoms with Crippen LogP contribution in [0.3, 0.4) is 0 Å². The number of phenols is 1. The lowest BCUT2D eigenvalue weighted by molar-refractivity contribution is 0.337. The fourth-order valence-corrected chi connectivity index (χ4v) is 1.24. The van der Waals surface area contributed by atoms with Crippen molar-refractivity contribution in [1.29, 1.82) is 0 Å². The SMILES string of the molecule is CCOc1ccc(CC=S)c(O)c1. The summed E-state index contributed by atoms with van der Waals surface area (Å²) in [5, 5.41) is 11.1. The van der Waals surface area contributed by atoms with E-state index in [4.69, 9.17) is 17.0 Å². The van der Waals surface area contributed by atoms with E-state index < -0.39 is 0 Å².